The molecule has 15 heavy (non-hydrogen) atoms. The Morgan fingerprint density at radius 3 is 2.73 bits per heavy atom. The van der Waals surface area contributed by atoms with Crippen LogP contribution in [0.1, 0.15) is 39.5 Å². The Morgan fingerprint density at radius 1 is 1.40 bits per heavy atom. The van der Waals surface area contributed by atoms with Crippen LogP contribution in [0.25, 0.3) is 0 Å². The summed E-state index contributed by atoms with van der Waals surface area (Å²) in [6, 6.07) is 1.11. The van der Waals surface area contributed by atoms with Crippen molar-refractivity contribution in [3.63, 3.8) is 0 Å². The van der Waals surface area contributed by atoms with Crippen molar-refractivity contribution < 1.29 is 5.11 Å². The fraction of sp³-hybridized carbons (Fsp3) is 1.00. The van der Waals surface area contributed by atoms with E-state index < -0.39 is 0 Å². The minimum Gasteiger partial charge on any atom is -0.393 e. The fourth-order valence-electron chi connectivity index (χ4n) is 2.33. The van der Waals surface area contributed by atoms with Gasteiger partial charge in [0.25, 0.3) is 0 Å². The third-order valence-electron chi connectivity index (χ3n) is 3.32. The standard InChI is InChI=1S/C12H26N2O/c1-10(8-11(2)15)13-9-12-6-4-5-7-14(12)3/h10-13,15H,4-9H2,1-3H3. The molecule has 90 valence electrons. The van der Waals surface area contributed by atoms with E-state index in [1.807, 2.05) is 6.92 Å². The highest BCUT2D eigenvalue weighted by Crippen LogP contribution is 2.14. The van der Waals surface area contributed by atoms with Crippen molar-refractivity contribution in [2.24, 2.45) is 0 Å². The Hall–Kier alpha value is -0.120. The van der Waals surface area contributed by atoms with E-state index in [4.69, 9.17) is 0 Å². The Balaban J connectivity index is 2.17. The minimum absolute atomic E-state index is 0.198. The predicted molar refractivity (Wildman–Crippen MR) is 64.0 cm³/mol. The Morgan fingerprint density at radius 2 is 2.13 bits per heavy atom. The predicted octanol–water partition coefficient (Wildman–Crippen LogP) is 1.22. The summed E-state index contributed by atoms with van der Waals surface area (Å²) in [5.74, 6) is 0. The maximum Gasteiger partial charge on any atom is 0.0526 e. The van der Waals surface area contributed by atoms with Crippen molar-refractivity contribution in [2.75, 3.05) is 20.1 Å². The van der Waals surface area contributed by atoms with Crippen LogP contribution in [-0.4, -0.2) is 48.3 Å². The molecule has 0 aromatic carbocycles. The first kappa shape index (κ1) is 12.9. The molecule has 3 unspecified atom stereocenters. The van der Waals surface area contributed by atoms with E-state index >= 15 is 0 Å². The van der Waals surface area contributed by atoms with Crippen molar-refractivity contribution in [1.29, 1.82) is 0 Å². The SMILES string of the molecule is CC(O)CC(C)NCC1CCCCN1C. The lowest BCUT2D eigenvalue weighted by molar-refractivity contribution is 0.155. The number of aliphatic hydroxyl groups excluding tert-OH is 1. The van der Waals surface area contributed by atoms with Gasteiger partial charge in [0.15, 0.2) is 0 Å². The molecule has 3 heteroatoms. The number of likely N-dealkylation sites (N-methyl/N-ethyl adjacent to an activating group) is 1. The monoisotopic (exact) mass is 214 g/mol. The summed E-state index contributed by atoms with van der Waals surface area (Å²) in [6.07, 6.45) is 4.66. The lowest BCUT2D eigenvalue weighted by atomic mass is 10.0. The second-order valence-electron chi connectivity index (χ2n) is 5.02. The van der Waals surface area contributed by atoms with Crippen LogP contribution in [0, 0.1) is 0 Å². The average Bonchev–Trinajstić information content (AvgIpc) is 2.15. The van der Waals surface area contributed by atoms with Crippen LogP contribution in [0.15, 0.2) is 0 Å². The molecule has 0 radical (unpaired) electrons. The highest BCUT2D eigenvalue weighted by molar-refractivity contribution is 4.77. The highest BCUT2D eigenvalue weighted by atomic mass is 16.3. The van der Waals surface area contributed by atoms with Gasteiger partial charge in [0.1, 0.15) is 0 Å². The van der Waals surface area contributed by atoms with E-state index in [0.717, 1.165) is 13.0 Å². The van der Waals surface area contributed by atoms with Crippen LogP contribution in [-0.2, 0) is 0 Å². The lowest BCUT2D eigenvalue weighted by Gasteiger charge is -2.33. The first-order chi connectivity index (χ1) is 7.09. The molecule has 0 bridgehead atoms. The van der Waals surface area contributed by atoms with E-state index in [-0.39, 0.29) is 6.10 Å². The molecule has 0 aromatic heterocycles. The van der Waals surface area contributed by atoms with E-state index in [1.54, 1.807) is 0 Å². The number of likely N-dealkylation sites (tertiary alicyclic amines) is 1. The smallest absolute Gasteiger partial charge is 0.0526 e. The van der Waals surface area contributed by atoms with E-state index in [1.165, 1.54) is 25.8 Å². The maximum absolute atomic E-state index is 9.26. The highest BCUT2D eigenvalue weighted by Gasteiger charge is 2.19. The van der Waals surface area contributed by atoms with Crippen molar-refractivity contribution in [3.8, 4) is 0 Å². The average molecular weight is 214 g/mol. The molecule has 1 rings (SSSR count). The molecule has 0 amide bonds. The quantitative estimate of drug-likeness (QED) is 0.722. The molecule has 1 fully saturated rings. The molecule has 1 aliphatic heterocycles. The van der Waals surface area contributed by atoms with Crippen LogP contribution in [0.5, 0.6) is 0 Å². The summed E-state index contributed by atoms with van der Waals surface area (Å²) in [4.78, 5) is 2.45. The van der Waals surface area contributed by atoms with Crippen LogP contribution in [0.3, 0.4) is 0 Å². The normalized spacial score (nSPS) is 27.6. The Labute approximate surface area is 93.9 Å². The number of rotatable bonds is 5. The minimum atomic E-state index is -0.198. The van der Waals surface area contributed by atoms with Gasteiger partial charge >= 0.3 is 0 Å². The van der Waals surface area contributed by atoms with Gasteiger partial charge in [-0.3, -0.25) is 0 Å². The molecule has 0 aromatic rings. The van der Waals surface area contributed by atoms with Crippen molar-refractivity contribution in [2.45, 2.75) is 57.7 Å². The first-order valence-corrected chi connectivity index (χ1v) is 6.21. The first-order valence-electron chi connectivity index (χ1n) is 6.21. The number of nitrogens with zero attached hydrogens (tertiary/aromatic N) is 1. The third kappa shape index (κ3) is 4.96. The molecule has 0 aliphatic carbocycles. The zero-order valence-corrected chi connectivity index (χ0v) is 10.4. The van der Waals surface area contributed by atoms with E-state index in [0.29, 0.717) is 12.1 Å². The molecule has 3 atom stereocenters. The van der Waals surface area contributed by atoms with Crippen molar-refractivity contribution >= 4 is 0 Å². The number of nitrogens with one attached hydrogen (secondary N) is 1. The summed E-state index contributed by atoms with van der Waals surface area (Å²) in [5, 5.41) is 12.8. The Bertz CT molecular complexity index is 173. The van der Waals surface area contributed by atoms with Crippen LogP contribution < -0.4 is 5.32 Å². The van der Waals surface area contributed by atoms with Crippen LogP contribution in [0.4, 0.5) is 0 Å². The number of hydrogen-bond donors (Lipinski definition) is 2. The molecular weight excluding hydrogens is 188 g/mol. The molecule has 0 spiro atoms. The second-order valence-corrected chi connectivity index (χ2v) is 5.02. The molecule has 1 saturated heterocycles. The summed E-state index contributed by atoms with van der Waals surface area (Å²) < 4.78 is 0. The lowest BCUT2D eigenvalue weighted by Crippen LogP contribution is -2.45. The van der Waals surface area contributed by atoms with Gasteiger partial charge in [-0.05, 0) is 46.7 Å². The summed E-state index contributed by atoms with van der Waals surface area (Å²) in [7, 11) is 2.21. The van der Waals surface area contributed by atoms with Gasteiger partial charge in [-0.2, -0.15) is 0 Å². The zero-order valence-electron chi connectivity index (χ0n) is 10.4. The summed E-state index contributed by atoms with van der Waals surface area (Å²) in [5.41, 5.74) is 0. The molecule has 2 N–H and O–H groups in total. The molecule has 1 aliphatic rings. The molecular formula is C12H26N2O. The van der Waals surface area contributed by atoms with E-state index in [2.05, 4.69) is 24.2 Å². The van der Waals surface area contributed by atoms with Gasteiger partial charge in [-0.15, -0.1) is 0 Å². The topological polar surface area (TPSA) is 35.5 Å². The third-order valence-corrected chi connectivity index (χ3v) is 3.32. The fourth-order valence-corrected chi connectivity index (χ4v) is 2.33. The number of hydrogen-bond acceptors (Lipinski definition) is 3. The molecule has 0 saturated carbocycles. The van der Waals surface area contributed by atoms with Gasteiger partial charge < -0.3 is 15.3 Å². The Kier molecular flexibility index (Phi) is 5.58. The van der Waals surface area contributed by atoms with E-state index in [9.17, 15) is 5.11 Å². The molecule has 1 heterocycles. The van der Waals surface area contributed by atoms with Gasteiger partial charge in [-0.25, -0.2) is 0 Å². The maximum atomic E-state index is 9.26. The molecule has 3 nitrogen and oxygen atoms in total. The largest absolute Gasteiger partial charge is 0.393 e. The summed E-state index contributed by atoms with van der Waals surface area (Å²) in [6.45, 7) is 6.29. The zero-order chi connectivity index (χ0) is 11.3. The number of piperidine rings is 1. The van der Waals surface area contributed by atoms with Crippen molar-refractivity contribution in [1.82, 2.24) is 10.2 Å². The van der Waals surface area contributed by atoms with Crippen LogP contribution >= 0.6 is 0 Å². The second kappa shape index (κ2) is 6.46. The van der Waals surface area contributed by atoms with Crippen LogP contribution in [0.2, 0.25) is 0 Å². The number of aliphatic hydroxyl groups is 1. The van der Waals surface area contributed by atoms with Gasteiger partial charge in [-0.1, -0.05) is 6.42 Å². The van der Waals surface area contributed by atoms with Crippen molar-refractivity contribution in [3.05, 3.63) is 0 Å². The van der Waals surface area contributed by atoms with Gasteiger partial charge in [0.05, 0.1) is 6.10 Å². The van der Waals surface area contributed by atoms with Gasteiger partial charge in [0.2, 0.25) is 0 Å². The van der Waals surface area contributed by atoms with Gasteiger partial charge in [0, 0.05) is 18.6 Å². The summed E-state index contributed by atoms with van der Waals surface area (Å²) >= 11 is 0.